The third-order valence-corrected chi connectivity index (χ3v) is 5.58. The molecule has 11 nitrogen and oxygen atoms in total. The number of hydrogen-bond acceptors (Lipinski definition) is 10. The van der Waals surface area contributed by atoms with Crippen LogP contribution in [0, 0.1) is 11.8 Å². The van der Waals surface area contributed by atoms with E-state index in [1.165, 1.54) is 6.92 Å². The Kier molecular flexibility index (Phi) is 12.9. The predicted octanol–water partition coefficient (Wildman–Crippen LogP) is 1.84. The molecular weight excluding hydrogens is 474 g/mol. The summed E-state index contributed by atoms with van der Waals surface area (Å²) in [5, 5.41) is 8.61. The number of allylic oxidation sites excluding steroid dienone is 1. The van der Waals surface area contributed by atoms with E-state index in [1.54, 1.807) is 13.8 Å². The minimum Gasteiger partial charge on any atom is -0.453 e. The molecule has 3 atom stereocenters. The Labute approximate surface area is 212 Å². The van der Waals surface area contributed by atoms with Crippen LogP contribution in [0.1, 0.15) is 54.4 Å². The number of rotatable bonds is 16. The molecule has 2 amide bonds. The number of amides is 2. The van der Waals surface area contributed by atoms with Crippen LogP contribution in [0.4, 0.5) is 4.79 Å². The summed E-state index contributed by atoms with van der Waals surface area (Å²) in [5.74, 6) is -3.88. The summed E-state index contributed by atoms with van der Waals surface area (Å²) in [6.07, 6.45) is 0.269. The molecule has 0 saturated carbocycles. The number of imide groups is 1. The van der Waals surface area contributed by atoms with Crippen LogP contribution < -0.4 is 0 Å². The SMILES string of the molecule is CC(=O)O[C@@H](C(=O)C=CC(=O)CCCOCCOCCO)[C@@H](C)C(=O)N1C(=O)OC(C)(C)[C@H]1C(C)C. The molecule has 1 heterocycles. The molecule has 1 N–H and O–H groups in total. The Hall–Kier alpha value is -2.63. The molecule has 11 heteroatoms. The molecule has 1 aliphatic rings. The maximum atomic E-state index is 13.3. The van der Waals surface area contributed by atoms with Crippen molar-refractivity contribution in [1.82, 2.24) is 4.90 Å². The minimum atomic E-state index is -1.51. The van der Waals surface area contributed by atoms with E-state index in [0.717, 1.165) is 24.0 Å². The van der Waals surface area contributed by atoms with E-state index in [9.17, 15) is 24.0 Å². The van der Waals surface area contributed by atoms with Crippen LogP contribution in [-0.4, -0.2) is 90.3 Å². The monoisotopic (exact) mass is 513 g/mol. The van der Waals surface area contributed by atoms with Crippen molar-refractivity contribution in [3.8, 4) is 0 Å². The van der Waals surface area contributed by atoms with Crippen molar-refractivity contribution in [2.45, 2.75) is 72.1 Å². The number of nitrogens with zero attached hydrogens (tertiary/aromatic N) is 1. The van der Waals surface area contributed by atoms with Gasteiger partial charge in [-0.15, -0.1) is 0 Å². The lowest BCUT2D eigenvalue weighted by atomic mass is 9.87. The normalized spacial score (nSPS) is 18.8. The highest BCUT2D eigenvalue weighted by atomic mass is 16.6. The molecule has 204 valence electrons. The zero-order chi connectivity index (χ0) is 27.5. The summed E-state index contributed by atoms with van der Waals surface area (Å²) in [4.78, 5) is 63.3. The smallest absolute Gasteiger partial charge is 0.417 e. The number of carbonyl (C=O) groups excluding carboxylic acids is 5. The number of ether oxygens (including phenoxy) is 4. The first-order valence-corrected chi connectivity index (χ1v) is 12.1. The summed E-state index contributed by atoms with van der Waals surface area (Å²) < 4.78 is 20.9. The van der Waals surface area contributed by atoms with Crippen molar-refractivity contribution in [3.05, 3.63) is 12.2 Å². The van der Waals surface area contributed by atoms with Crippen molar-refractivity contribution < 1.29 is 48.0 Å². The zero-order valence-electron chi connectivity index (χ0n) is 22.0. The van der Waals surface area contributed by atoms with Gasteiger partial charge in [-0.3, -0.25) is 19.2 Å². The summed E-state index contributed by atoms with van der Waals surface area (Å²) in [5.41, 5.74) is -0.927. The van der Waals surface area contributed by atoms with Crippen LogP contribution in [0.15, 0.2) is 12.2 Å². The highest BCUT2D eigenvalue weighted by molar-refractivity contribution is 6.04. The number of esters is 1. The number of cyclic esters (lactones) is 1. The third kappa shape index (κ3) is 9.44. The van der Waals surface area contributed by atoms with Crippen LogP contribution in [-0.2, 0) is 38.1 Å². The lowest BCUT2D eigenvalue weighted by Gasteiger charge is -2.33. The Balaban J connectivity index is 2.77. The van der Waals surface area contributed by atoms with E-state index >= 15 is 0 Å². The Bertz CT molecular complexity index is 820. The van der Waals surface area contributed by atoms with Gasteiger partial charge in [0.1, 0.15) is 5.60 Å². The van der Waals surface area contributed by atoms with Gasteiger partial charge in [-0.25, -0.2) is 9.69 Å². The van der Waals surface area contributed by atoms with Crippen LogP contribution >= 0.6 is 0 Å². The van der Waals surface area contributed by atoms with Gasteiger partial charge in [0.05, 0.1) is 38.4 Å². The lowest BCUT2D eigenvalue weighted by Crippen LogP contribution is -2.52. The molecule has 0 bridgehead atoms. The summed E-state index contributed by atoms with van der Waals surface area (Å²) in [7, 11) is 0. The van der Waals surface area contributed by atoms with Gasteiger partial charge in [-0.1, -0.05) is 13.8 Å². The average Bonchev–Trinajstić information content (AvgIpc) is 3.04. The van der Waals surface area contributed by atoms with Crippen molar-refractivity contribution in [2.24, 2.45) is 11.8 Å². The molecule has 0 radical (unpaired) electrons. The first kappa shape index (κ1) is 31.4. The molecule has 36 heavy (non-hydrogen) atoms. The molecule has 0 aromatic rings. The number of aliphatic hydroxyl groups is 1. The van der Waals surface area contributed by atoms with Crippen LogP contribution in [0.3, 0.4) is 0 Å². The standard InChI is InChI=1S/C25H39NO10/c1-16(2)22-25(5,6)36-24(32)26(22)23(31)17(3)21(35-18(4)28)20(30)10-9-19(29)8-7-12-33-14-15-34-13-11-27/h9-10,16-17,21-22,27H,7-8,11-15H2,1-6H3/t17-,21-,22-/m1/s1. The summed E-state index contributed by atoms with van der Waals surface area (Å²) in [6, 6.07) is -0.575. The van der Waals surface area contributed by atoms with E-state index in [1.807, 2.05) is 13.8 Å². The molecular formula is C25H39NO10. The maximum absolute atomic E-state index is 13.3. The summed E-state index contributed by atoms with van der Waals surface area (Å²) >= 11 is 0. The summed E-state index contributed by atoms with van der Waals surface area (Å²) in [6.45, 7) is 10.7. The largest absolute Gasteiger partial charge is 0.453 e. The Morgan fingerprint density at radius 1 is 1.06 bits per heavy atom. The van der Waals surface area contributed by atoms with Gasteiger partial charge in [0.2, 0.25) is 5.91 Å². The Morgan fingerprint density at radius 2 is 1.67 bits per heavy atom. The number of carbonyl (C=O) groups is 5. The first-order chi connectivity index (χ1) is 16.8. The maximum Gasteiger partial charge on any atom is 0.417 e. The molecule has 0 unspecified atom stereocenters. The molecule has 0 aromatic carbocycles. The van der Waals surface area contributed by atoms with Crippen LogP contribution in [0.25, 0.3) is 0 Å². The molecule has 0 spiro atoms. The van der Waals surface area contributed by atoms with Gasteiger partial charge in [0.15, 0.2) is 17.7 Å². The first-order valence-electron chi connectivity index (χ1n) is 12.1. The number of hydrogen-bond donors (Lipinski definition) is 1. The molecule has 1 saturated heterocycles. The topological polar surface area (TPSA) is 146 Å². The van der Waals surface area contributed by atoms with Gasteiger partial charge in [0, 0.05) is 20.0 Å². The Morgan fingerprint density at radius 3 is 2.22 bits per heavy atom. The highest BCUT2D eigenvalue weighted by Crippen LogP contribution is 2.35. The van der Waals surface area contributed by atoms with Crippen molar-refractivity contribution >= 4 is 29.5 Å². The zero-order valence-corrected chi connectivity index (χ0v) is 22.0. The lowest BCUT2D eigenvalue weighted by molar-refractivity contribution is -0.158. The van der Waals surface area contributed by atoms with Crippen LogP contribution in [0.2, 0.25) is 0 Å². The van der Waals surface area contributed by atoms with Gasteiger partial charge < -0.3 is 24.1 Å². The fraction of sp³-hybridized carbons (Fsp3) is 0.720. The molecule has 1 rings (SSSR count). The van der Waals surface area contributed by atoms with E-state index in [2.05, 4.69) is 0 Å². The van der Waals surface area contributed by atoms with E-state index in [0.29, 0.717) is 26.2 Å². The van der Waals surface area contributed by atoms with Crippen molar-refractivity contribution in [3.63, 3.8) is 0 Å². The third-order valence-electron chi connectivity index (χ3n) is 5.58. The molecule has 1 aliphatic heterocycles. The molecule has 0 aromatic heterocycles. The number of aliphatic hydroxyl groups excluding tert-OH is 1. The van der Waals surface area contributed by atoms with E-state index in [4.69, 9.17) is 24.1 Å². The van der Waals surface area contributed by atoms with E-state index in [-0.39, 0.29) is 31.3 Å². The van der Waals surface area contributed by atoms with Gasteiger partial charge in [0.25, 0.3) is 0 Å². The van der Waals surface area contributed by atoms with Crippen molar-refractivity contribution in [2.75, 3.05) is 33.0 Å². The van der Waals surface area contributed by atoms with Gasteiger partial charge >= 0.3 is 12.1 Å². The fourth-order valence-corrected chi connectivity index (χ4v) is 4.11. The van der Waals surface area contributed by atoms with E-state index < -0.39 is 47.4 Å². The van der Waals surface area contributed by atoms with Crippen LogP contribution in [0.5, 0.6) is 0 Å². The second-order valence-corrected chi connectivity index (χ2v) is 9.44. The van der Waals surface area contributed by atoms with Gasteiger partial charge in [-0.2, -0.15) is 0 Å². The quantitative estimate of drug-likeness (QED) is 0.184. The fourth-order valence-electron chi connectivity index (χ4n) is 4.11. The predicted molar refractivity (Wildman–Crippen MR) is 128 cm³/mol. The van der Waals surface area contributed by atoms with Gasteiger partial charge in [-0.05, 0) is 45.3 Å². The average molecular weight is 514 g/mol. The second-order valence-electron chi connectivity index (χ2n) is 9.44. The second kappa shape index (κ2) is 14.8. The molecule has 1 fully saturated rings. The molecule has 0 aliphatic carbocycles. The highest BCUT2D eigenvalue weighted by Gasteiger charge is 2.53. The minimum absolute atomic E-state index is 0.0632. The number of ketones is 2. The van der Waals surface area contributed by atoms with Crippen molar-refractivity contribution in [1.29, 1.82) is 0 Å².